The number of amides is 1. The van der Waals surface area contributed by atoms with Crippen molar-refractivity contribution in [2.24, 2.45) is 0 Å². The lowest BCUT2D eigenvalue weighted by Crippen LogP contribution is -2.36. The van der Waals surface area contributed by atoms with Crippen molar-refractivity contribution in [3.05, 3.63) is 42.1 Å². The third-order valence-electron chi connectivity index (χ3n) is 5.05. The molecule has 0 saturated carbocycles. The molecule has 2 fully saturated rings. The lowest BCUT2D eigenvalue weighted by atomic mass is 10.1. The van der Waals surface area contributed by atoms with E-state index in [4.69, 9.17) is 4.74 Å². The number of anilines is 3. The number of carbonyl (C=O) groups excluding carboxylic acids is 1. The Balaban J connectivity index is 1.46. The van der Waals surface area contributed by atoms with Gasteiger partial charge in [-0.05, 0) is 43.5 Å². The number of rotatable bonds is 4. The molecule has 7 heteroatoms. The van der Waals surface area contributed by atoms with Crippen LogP contribution in [0.15, 0.2) is 36.4 Å². The average Bonchev–Trinajstić information content (AvgIpc) is 2.75. The maximum atomic E-state index is 12.5. The van der Waals surface area contributed by atoms with Gasteiger partial charge in [0.15, 0.2) is 11.5 Å². The van der Waals surface area contributed by atoms with E-state index in [1.54, 1.807) is 6.07 Å². The highest BCUT2D eigenvalue weighted by Crippen LogP contribution is 2.28. The Kier molecular flexibility index (Phi) is 5.48. The number of likely N-dealkylation sites (tertiary alicyclic amines) is 1. The van der Waals surface area contributed by atoms with Crippen LogP contribution in [-0.2, 0) is 4.74 Å². The molecule has 2 aromatic rings. The van der Waals surface area contributed by atoms with Crippen molar-refractivity contribution in [3.8, 4) is 0 Å². The molecule has 2 aliphatic heterocycles. The van der Waals surface area contributed by atoms with Crippen molar-refractivity contribution in [2.45, 2.75) is 19.3 Å². The Morgan fingerprint density at radius 2 is 1.70 bits per heavy atom. The number of morpholine rings is 1. The molecule has 0 atom stereocenters. The van der Waals surface area contributed by atoms with Crippen LogP contribution in [0.25, 0.3) is 0 Å². The predicted molar refractivity (Wildman–Crippen MR) is 105 cm³/mol. The van der Waals surface area contributed by atoms with Crippen LogP contribution in [0.2, 0.25) is 0 Å². The topological polar surface area (TPSA) is 70.6 Å². The van der Waals surface area contributed by atoms with Gasteiger partial charge in [0.25, 0.3) is 5.91 Å². The lowest BCUT2D eigenvalue weighted by Gasteiger charge is -2.30. The fourth-order valence-electron chi connectivity index (χ4n) is 3.57. The summed E-state index contributed by atoms with van der Waals surface area (Å²) in [6.07, 6.45) is 3.33. The summed E-state index contributed by atoms with van der Waals surface area (Å²) in [4.78, 5) is 16.7. The minimum atomic E-state index is -0.0255. The van der Waals surface area contributed by atoms with Gasteiger partial charge in [-0.15, -0.1) is 10.2 Å². The van der Waals surface area contributed by atoms with Gasteiger partial charge in [0.1, 0.15) is 0 Å². The number of hydrogen-bond acceptors (Lipinski definition) is 6. The second-order valence-corrected chi connectivity index (χ2v) is 6.90. The molecule has 1 amide bonds. The highest BCUT2D eigenvalue weighted by Gasteiger charge is 2.20. The summed E-state index contributed by atoms with van der Waals surface area (Å²) >= 11 is 0. The van der Waals surface area contributed by atoms with E-state index in [9.17, 15) is 4.79 Å². The smallest absolute Gasteiger partial charge is 0.274 e. The molecule has 0 radical (unpaired) electrons. The fourth-order valence-corrected chi connectivity index (χ4v) is 3.57. The standard InChI is InChI=1S/C20H25N5O2/c26-20(25-10-4-1-5-11-25)17-8-9-19(23-22-17)21-16-6-2-3-7-18(16)24-12-14-27-15-13-24/h2-3,6-9H,1,4-5,10-15H2,(H,21,23). The largest absolute Gasteiger partial charge is 0.378 e. The number of hydrogen-bond donors (Lipinski definition) is 1. The first-order valence-electron chi connectivity index (χ1n) is 9.63. The summed E-state index contributed by atoms with van der Waals surface area (Å²) in [5.74, 6) is 0.605. The van der Waals surface area contributed by atoms with E-state index in [-0.39, 0.29) is 5.91 Å². The van der Waals surface area contributed by atoms with Crippen LogP contribution in [-0.4, -0.2) is 60.4 Å². The van der Waals surface area contributed by atoms with Gasteiger partial charge in [0.05, 0.1) is 24.6 Å². The number of nitrogens with one attached hydrogen (secondary N) is 1. The number of carbonyl (C=O) groups is 1. The van der Waals surface area contributed by atoms with Gasteiger partial charge in [0.2, 0.25) is 0 Å². The average molecular weight is 367 g/mol. The number of piperidine rings is 1. The van der Waals surface area contributed by atoms with Gasteiger partial charge < -0.3 is 19.9 Å². The highest BCUT2D eigenvalue weighted by molar-refractivity contribution is 5.92. The molecular formula is C20H25N5O2. The molecule has 0 unspecified atom stereocenters. The summed E-state index contributed by atoms with van der Waals surface area (Å²) in [7, 11) is 0. The Morgan fingerprint density at radius 1 is 0.926 bits per heavy atom. The molecule has 2 saturated heterocycles. The molecule has 0 aliphatic carbocycles. The summed E-state index contributed by atoms with van der Waals surface area (Å²) in [5.41, 5.74) is 2.50. The van der Waals surface area contributed by atoms with Crippen LogP contribution in [0, 0.1) is 0 Å². The van der Waals surface area contributed by atoms with E-state index >= 15 is 0 Å². The van der Waals surface area contributed by atoms with Crippen LogP contribution >= 0.6 is 0 Å². The van der Waals surface area contributed by atoms with Crippen LogP contribution in [0.1, 0.15) is 29.8 Å². The quantitative estimate of drug-likeness (QED) is 0.896. The van der Waals surface area contributed by atoms with Gasteiger partial charge in [-0.2, -0.15) is 0 Å². The molecule has 1 aromatic heterocycles. The SMILES string of the molecule is O=C(c1ccc(Nc2ccccc2N2CCOCC2)nn1)N1CCCCC1. The van der Waals surface area contributed by atoms with E-state index in [2.05, 4.69) is 26.5 Å². The summed E-state index contributed by atoms with van der Waals surface area (Å²) in [5, 5.41) is 11.7. The van der Waals surface area contributed by atoms with Crippen molar-refractivity contribution in [2.75, 3.05) is 49.6 Å². The van der Waals surface area contributed by atoms with E-state index in [0.29, 0.717) is 11.5 Å². The predicted octanol–water partition coefficient (Wildman–Crippen LogP) is 2.68. The molecule has 0 spiro atoms. The summed E-state index contributed by atoms with van der Waals surface area (Å²) < 4.78 is 5.44. The first-order valence-corrected chi connectivity index (χ1v) is 9.63. The molecule has 3 heterocycles. The molecule has 2 aliphatic rings. The maximum absolute atomic E-state index is 12.5. The molecule has 142 valence electrons. The van der Waals surface area contributed by atoms with Crippen molar-refractivity contribution in [1.82, 2.24) is 15.1 Å². The number of ether oxygens (including phenoxy) is 1. The minimum absolute atomic E-state index is 0.0255. The van der Waals surface area contributed by atoms with Gasteiger partial charge >= 0.3 is 0 Å². The maximum Gasteiger partial charge on any atom is 0.274 e. The van der Waals surface area contributed by atoms with Crippen LogP contribution in [0.5, 0.6) is 0 Å². The van der Waals surface area contributed by atoms with Crippen LogP contribution < -0.4 is 10.2 Å². The molecule has 27 heavy (non-hydrogen) atoms. The first kappa shape index (κ1) is 17.7. The Hall–Kier alpha value is -2.67. The summed E-state index contributed by atoms with van der Waals surface area (Å²) in [6.45, 7) is 4.84. The normalized spacial score (nSPS) is 17.6. The number of aromatic nitrogens is 2. The molecular weight excluding hydrogens is 342 g/mol. The van der Waals surface area contributed by atoms with E-state index in [0.717, 1.165) is 63.6 Å². The molecule has 0 bridgehead atoms. The zero-order chi connectivity index (χ0) is 18.5. The first-order chi connectivity index (χ1) is 13.3. The van der Waals surface area contributed by atoms with Gasteiger partial charge in [-0.1, -0.05) is 12.1 Å². The third kappa shape index (κ3) is 4.19. The van der Waals surface area contributed by atoms with Crippen molar-refractivity contribution < 1.29 is 9.53 Å². The zero-order valence-electron chi connectivity index (χ0n) is 15.4. The van der Waals surface area contributed by atoms with E-state index in [1.807, 2.05) is 29.2 Å². The minimum Gasteiger partial charge on any atom is -0.378 e. The Bertz CT molecular complexity index is 768. The fraction of sp³-hybridized carbons (Fsp3) is 0.450. The molecule has 1 N–H and O–H groups in total. The number of benzene rings is 1. The lowest BCUT2D eigenvalue weighted by molar-refractivity contribution is 0.0717. The van der Waals surface area contributed by atoms with Crippen molar-refractivity contribution >= 4 is 23.1 Å². The van der Waals surface area contributed by atoms with Gasteiger partial charge in [-0.3, -0.25) is 4.79 Å². The van der Waals surface area contributed by atoms with Crippen molar-refractivity contribution in [3.63, 3.8) is 0 Å². The van der Waals surface area contributed by atoms with E-state index in [1.165, 1.54) is 6.42 Å². The Morgan fingerprint density at radius 3 is 2.44 bits per heavy atom. The van der Waals surface area contributed by atoms with Crippen LogP contribution in [0.3, 0.4) is 0 Å². The zero-order valence-corrected chi connectivity index (χ0v) is 15.4. The summed E-state index contributed by atoms with van der Waals surface area (Å²) in [6, 6.07) is 11.7. The molecule has 7 nitrogen and oxygen atoms in total. The van der Waals surface area contributed by atoms with Crippen LogP contribution in [0.4, 0.5) is 17.2 Å². The van der Waals surface area contributed by atoms with Gasteiger partial charge in [-0.25, -0.2) is 0 Å². The second-order valence-electron chi connectivity index (χ2n) is 6.90. The van der Waals surface area contributed by atoms with Crippen molar-refractivity contribution in [1.29, 1.82) is 0 Å². The highest BCUT2D eigenvalue weighted by atomic mass is 16.5. The van der Waals surface area contributed by atoms with Gasteiger partial charge in [0, 0.05) is 26.2 Å². The van der Waals surface area contributed by atoms with E-state index < -0.39 is 0 Å². The molecule has 1 aromatic carbocycles. The monoisotopic (exact) mass is 367 g/mol. The second kappa shape index (κ2) is 8.35. The number of para-hydroxylation sites is 2. The third-order valence-corrected chi connectivity index (χ3v) is 5.05. The number of nitrogens with zero attached hydrogens (tertiary/aromatic N) is 4. The Labute approximate surface area is 159 Å². The molecule has 4 rings (SSSR count).